The van der Waals surface area contributed by atoms with Crippen molar-refractivity contribution in [3.63, 3.8) is 0 Å². The lowest BCUT2D eigenvalue weighted by molar-refractivity contribution is -0.384. The molecule has 0 aliphatic heterocycles. The molecule has 4 rings (SSSR count). The minimum atomic E-state index is -0.476. The van der Waals surface area contributed by atoms with E-state index >= 15 is 0 Å². The number of nitriles is 1. The Balaban J connectivity index is 1.64. The Kier molecular flexibility index (Phi) is 8.63. The summed E-state index contributed by atoms with van der Waals surface area (Å²) >= 11 is 7.46. The SMILES string of the molecule is COc1cc(C(=O)c2cc(Cl)ccc2N/C=C(/C#N)c2nc(-c3ccc([N+](=O)[O-])cc3)cs2)cc(OC)c1OC. The molecule has 0 aliphatic rings. The number of anilines is 1. The van der Waals surface area contributed by atoms with Gasteiger partial charge in [-0.05, 0) is 42.5 Å². The van der Waals surface area contributed by atoms with Crippen LogP contribution in [0.1, 0.15) is 20.9 Å². The van der Waals surface area contributed by atoms with Crippen LogP contribution in [-0.4, -0.2) is 37.0 Å². The highest BCUT2D eigenvalue weighted by molar-refractivity contribution is 7.11. The third-order valence-electron chi connectivity index (χ3n) is 5.75. The van der Waals surface area contributed by atoms with Gasteiger partial charge in [-0.15, -0.1) is 11.3 Å². The lowest BCUT2D eigenvalue weighted by atomic mass is 10.0. The maximum Gasteiger partial charge on any atom is 0.269 e. The molecule has 4 aromatic rings. The van der Waals surface area contributed by atoms with Crippen LogP contribution >= 0.6 is 22.9 Å². The molecule has 0 radical (unpaired) electrons. The lowest BCUT2D eigenvalue weighted by Crippen LogP contribution is -2.07. The van der Waals surface area contributed by atoms with Crippen LogP contribution in [0.4, 0.5) is 11.4 Å². The summed E-state index contributed by atoms with van der Waals surface area (Å²) in [6.07, 6.45) is 1.45. The fraction of sp³-hybridized carbons (Fsp3) is 0.107. The second-order valence-electron chi connectivity index (χ2n) is 8.09. The number of nitro benzene ring substituents is 1. The Labute approximate surface area is 238 Å². The molecular formula is C28H21ClN4O6S. The number of ether oxygens (including phenoxy) is 3. The summed E-state index contributed by atoms with van der Waals surface area (Å²) in [6.45, 7) is 0. The van der Waals surface area contributed by atoms with Crippen LogP contribution in [0.5, 0.6) is 17.2 Å². The molecule has 40 heavy (non-hydrogen) atoms. The van der Waals surface area contributed by atoms with Gasteiger partial charge in [-0.25, -0.2) is 4.98 Å². The number of thiazole rings is 1. The maximum atomic E-state index is 13.6. The van der Waals surface area contributed by atoms with E-state index < -0.39 is 4.92 Å². The largest absolute Gasteiger partial charge is 0.493 e. The number of nitrogens with one attached hydrogen (secondary N) is 1. The van der Waals surface area contributed by atoms with Gasteiger partial charge in [0.15, 0.2) is 17.3 Å². The van der Waals surface area contributed by atoms with Crippen molar-refractivity contribution in [3.8, 4) is 34.6 Å². The molecule has 202 valence electrons. The highest BCUT2D eigenvalue weighted by atomic mass is 35.5. The first-order chi connectivity index (χ1) is 19.3. The summed E-state index contributed by atoms with van der Waals surface area (Å²) in [4.78, 5) is 28.5. The van der Waals surface area contributed by atoms with Crippen molar-refractivity contribution in [3.05, 3.63) is 97.4 Å². The van der Waals surface area contributed by atoms with E-state index in [1.165, 1.54) is 57.1 Å². The molecule has 0 bridgehead atoms. The topological polar surface area (TPSA) is 137 Å². The van der Waals surface area contributed by atoms with Crippen LogP contribution in [0.2, 0.25) is 5.02 Å². The van der Waals surface area contributed by atoms with Gasteiger partial charge < -0.3 is 19.5 Å². The standard InChI is InChI=1S/C28H21ClN4O6S/c1-37-24-10-17(11-25(38-2)27(24)39-3)26(34)21-12-19(29)6-9-22(21)31-14-18(13-30)28-32-23(15-40-28)16-4-7-20(8-5-16)33(35)36/h4-12,14-15,31H,1-3H3/b18-14-. The molecule has 0 aliphatic carbocycles. The highest BCUT2D eigenvalue weighted by Crippen LogP contribution is 2.39. The predicted octanol–water partition coefficient (Wildman–Crippen LogP) is 6.61. The van der Waals surface area contributed by atoms with E-state index in [9.17, 15) is 20.2 Å². The van der Waals surface area contributed by atoms with Crippen molar-refractivity contribution < 1.29 is 23.9 Å². The van der Waals surface area contributed by atoms with Gasteiger partial charge in [-0.1, -0.05) is 11.6 Å². The minimum Gasteiger partial charge on any atom is -0.493 e. The zero-order chi connectivity index (χ0) is 28.8. The zero-order valence-electron chi connectivity index (χ0n) is 21.4. The van der Waals surface area contributed by atoms with Crippen molar-refractivity contribution in [1.29, 1.82) is 5.26 Å². The van der Waals surface area contributed by atoms with Gasteiger partial charge in [0.25, 0.3) is 5.69 Å². The van der Waals surface area contributed by atoms with Gasteiger partial charge in [-0.2, -0.15) is 5.26 Å². The maximum absolute atomic E-state index is 13.6. The van der Waals surface area contributed by atoms with Crippen molar-refractivity contribution in [1.82, 2.24) is 4.98 Å². The third-order valence-corrected chi connectivity index (χ3v) is 6.86. The van der Waals surface area contributed by atoms with Crippen LogP contribution in [0.15, 0.2) is 66.2 Å². The Morgan fingerprint density at radius 3 is 2.33 bits per heavy atom. The fourth-order valence-corrected chi connectivity index (χ4v) is 4.74. The van der Waals surface area contributed by atoms with E-state index in [4.69, 9.17) is 25.8 Å². The fourth-order valence-electron chi connectivity index (χ4n) is 3.77. The summed E-state index contributed by atoms with van der Waals surface area (Å²) in [7, 11) is 4.38. The molecule has 0 saturated carbocycles. The minimum absolute atomic E-state index is 0.0270. The Bertz CT molecular complexity index is 1640. The smallest absolute Gasteiger partial charge is 0.269 e. The summed E-state index contributed by atoms with van der Waals surface area (Å²) in [5.41, 5.74) is 2.37. The molecule has 3 aromatic carbocycles. The summed E-state index contributed by atoms with van der Waals surface area (Å²) in [6, 6.07) is 15.9. The average Bonchev–Trinajstić information content (AvgIpc) is 3.47. The quantitative estimate of drug-likeness (QED) is 0.0957. The first-order valence-corrected chi connectivity index (χ1v) is 12.8. The number of hydrogen-bond donors (Lipinski definition) is 1. The number of aromatic nitrogens is 1. The van der Waals surface area contributed by atoms with E-state index in [2.05, 4.69) is 16.4 Å². The zero-order valence-corrected chi connectivity index (χ0v) is 23.0. The number of allylic oxidation sites excluding steroid dienone is 1. The molecule has 0 atom stereocenters. The Morgan fingerprint density at radius 2 is 1.75 bits per heavy atom. The van der Waals surface area contributed by atoms with E-state index in [0.29, 0.717) is 44.2 Å². The monoisotopic (exact) mass is 576 g/mol. The number of nitro groups is 1. The molecule has 0 unspecified atom stereocenters. The molecule has 1 heterocycles. The number of benzene rings is 3. The van der Waals surface area contributed by atoms with Crippen molar-refractivity contribution in [2.45, 2.75) is 0 Å². The second kappa shape index (κ2) is 12.3. The number of ketones is 1. The molecule has 12 heteroatoms. The van der Waals surface area contributed by atoms with Gasteiger partial charge in [0, 0.05) is 51.1 Å². The first-order valence-electron chi connectivity index (χ1n) is 11.5. The van der Waals surface area contributed by atoms with Crippen LogP contribution < -0.4 is 19.5 Å². The van der Waals surface area contributed by atoms with Crippen molar-refractivity contribution in [2.24, 2.45) is 0 Å². The third kappa shape index (κ3) is 5.88. The summed E-state index contributed by atoms with van der Waals surface area (Å²) in [5, 5.41) is 26.3. The van der Waals surface area contributed by atoms with E-state index in [0.717, 1.165) is 0 Å². The Morgan fingerprint density at radius 1 is 1.07 bits per heavy atom. The normalized spacial score (nSPS) is 10.9. The number of carbonyl (C=O) groups excluding carboxylic acids is 1. The number of methoxy groups -OCH3 is 3. The summed E-state index contributed by atoms with van der Waals surface area (Å²) in [5.74, 6) is 0.622. The van der Waals surface area contributed by atoms with Crippen molar-refractivity contribution >= 4 is 45.7 Å². The summed E-state index contributed by atoms with van der Waals surface area (Å²) < 4.78 is 16.1. The molecule has 0 saturated heterocycles. The predicted molar refractivity (Wildman–Crippen MR) is 152 cm³/mol. The van der Waals surface area contributed by atoms with Crippen LogP contribution in [0.25, 0.3) is 16.8 Å². The molecule has 0 amide bonds. The van der Waals surface area contributed by atoms with Gasteiger partial charge in [0.2, 0.25) is 5.75 Å². The average molecular weight is 577 g/mol. The molecule has 0 spiro atoms. The molecule has 1 N–H and O–H groups in total. The number of carbonyl (C=O) groups is 1. The van der Waals surface area contributed by atoms with Crippen LogP contribution in [0.3, 0.4) is 0 Å². The number of hydrogen-bond acceptors (Lipinski definition) is 10. The first kappa shape index (κ1) is 28.1. The van der Waals surface area contributed by atoms with E-state index in [1.54, 1.807) is 41.8 Å². The number of nitrogens with zero attached hydrogens (tertiary/aromatic N) is 3. The Hall–Kier alpha value is -4.92. The van der Waals surface area contributed by atoms with Crippen LogP contribution in [-0.2, 0) is 0 Å². The highest BCUT2D eigenvalue weighted by Gasteiger charge is 2.21. The molecular weight excluding hydrogens is 556 g/mol. The van der Waals surface area contributed by atoms with Crippen molar-refractivity contribution in [2.75, 3.05) is 26.6 Å². The number of non-ortho nitro benzene ring substituents is 1. The van der Waals surface area contributed by atoms with Gasteiger partial charge in [0.1, 0.15) is 16.6 Å². The molecule has 0 fully saturated rings. The van der Waals surface area contributed by atoms with Gasteiger partial charge in [0.05, 0.1) is 31.9 Å². The van der Waals surface area contributed by atoms with Gasteiger partial charge >= 0.3 is 0 Å². The molecule has 1 aromatic heterocycles. The number of halogens is 1. The van der Waals surface area contributed by atoms with Gasteiger partial charge in [-0.3, -0.25) is 14.9 Å². The van der Waals surface area contributed by atoms with Crippen LogP contribution in [0, 0.1) is 21.4 Å². The molecule has 10 nitrogen and oxygen atoms in total. The second-order valence-corrected chi connectivity index (χ2v) is 9.38. The lowest BCUT2D eigenvalue weighted by Gasteiger charge is -2.15. The number of rotatable bonds is 10. The van der Waals surface area contributed by atoms with E-state index in [1.807, 2.05) is 0 Å². The van der Waals surface area contributed by atoms with E-state index in [-0.39, 0.29) is 28.2 Å².